The third-order valence-corrected chi connectivity index (χ3v) is 6.70. The zero-order chi connectivity index (χ0) is 21.3. The fraction of sp³-hybridized carbons (Fsp3) is 0.231. The van der Waals surface area contributed by atoms with Gasteiger partial charge in [0.05, 0.1) is 11.2 Å². The van der Waals surface area contributed by atoms with Crippen molar-refractivity contribution in [3.05, 3.63) is 66.7 Å². The molecule has 0 radical (unpaired) electrons. The van der Waals surface area contributed by atoms with Gasteiger partial charge in [0.2, 0.25) is 0 Å². The van der Waals surface area contributed by atoms with Crippen LogP contribution in [0.2, 0.25) is 0 Å². The number of hydrogen-bond donors (Lipinski definition) is 2. The zero-order valence-electron chi connectivity index (χ0n) is 17.7. The van der Waals surface area contributed by atoms with E-state index in [1.807, 2.05) is 24.3 Å². The summed E-state index contributed by atoms with van der Waals surface area (Å²) in [5, 5.41) is 26.0. The van der Waals surface area contributed by atoms with Crippen molar-refractivity contribution in [2.45, 2.75) is 38.9 Å². The lowest BCUT2D eigenvalue weighted by Crippen LogP contribution is -2.53. The molecular weight excluding hydrogens is 371 g/mol. The minimum absolute atomic E-state index is 0.747. The van der Waals surface area contributed by atoms with Crippen LogP contribution in [0.4, 0.5) is 0 Å². The molecule has 0 spiro atoms. The molecule has 0 aromatic heterocycles. The number of hydrogen-bond acceptors (Lipinski definition) is 3. The van der Waals surface area contributed by atoms with Crippen LogP contribution in [0.25, 0.3) is 43.8 Å². The van der Waals surface area contributed by atoms with Crippen molar-refractivity contribution in [1.29, 1.82) is 0 Å². The molecule has 0 heterocycles. The maximum Gasteiger partial charge on any atom is 0.492 e. The summed E-state index contributed by atoms with van der Waals surface area (Å²) in [4.78, 5) is 0. The van der Waals surface area contributed by atoms with Crippen molar-refractivity contribution in [3.63, 3.8) is 0 Å². The molecule has 3 nitrogen and oxygen atoms in total. The quantitative estimate of drug-likeness (QED) is 0.336. The number of rotatable bonds is 4. The van der Waals surface area contributed by atoms with Crippen LogP contribution < -0.4 is 5.46 Å². The molecule has 0 saturated carbocycles. The average Bonchev–Trinajstić information content (AvgIpc) is 3.03. The van der Waals surface area contributed by atoms with Crippen LogP contribution in [0.3, 0.4) is 0 Å². The highest BCUT2D eigenvalue weighted by Gasteiger charge is 2.41. The van der Waals surface area contributed by atoms with Crippen molar-refractivity contribution >= 4 is 34.1 Å². The fourth-order valence-corrected chi connectivity index (χ4v) is 4.45. The molecule has 150 valence electrons. The molecule has 30 heavy (non-hydrogen) atoms. The Bertz CT molecular complexity index is 1300. The molecule has 0 aliphatic heterocycles. The minimum atomic E-state index is -1.18. The van der Waals surface area contributed by atoms with E-state index < -0.39 is 18.3 Å². The molecule has 0 saturated heterocycles. The highest BCUT2D eigenvalue weighted by molar-refractivity contribution is 6.67. The molecule has 0 atom stereocenters. The van der Waals surface area contributed by atoms with Gasteiger partial charge in [0, 0.05) is 0 Å². The van der Waals surface area contributed by atoms with E-state index in [-0.39, 0.29) is 0 Å². The summed E-state index contributed by atoms with van der Waals surface area (Å²) in [6, 6.07) is 22.9. The third kappa shape index (κ3) is 2.65. The summed E-state index contributed by atoms with van der Waals surface area (Å²) in [6.07, 6.45) is 0. The Labute approximate surface area is 177 Å². The Morgan fingerprint density at radius 2 is 1.27 bits per heavy atom. The van der Waals surface area contributed by atoms with Crippen LogP contribution in [0.5, 0.6) is 0 Å². The highest BCUT2D eigenvalue weighted by Crippen LogP contribution is 2.49. The predicted octanol–water partition coefficient (Wildman–Crippen LogP) is 4.89. The lowest BCUT2D eigenvalue weighted by atomic mass is 9.71. The Morgan fingerprint density at radius 1 is 0.700 bits per heavy atom. The summed E-state index contributed by atoms with van der Waals surface area (Å²) < 4.78 is 6.09. The van der Waals surface area contributed by atoms with Crippen molar-refractivity contribution < 1.29 is 14.8 Å². The van der Waals surface area contributed by atoms with Gasteiger partial charge in [0.25, 0.3) is 0 Å². The second-order valence-corrected chi connectivity index (χ2v) is 9.15. The average molecular weight is 396 g/mol. The lowest BCUT2D eigenvalue weighted by molar-refractivity contribution is -0.0982. The van der Waals surface area contributed by atoms with Crippen molar-refractivity contribution in [1.82, 2.24) is 0 Å². The van der Waals surface area contributed by atoms with Gasteiger partial charge in [-0.15, -0.1) is 0 Å². The van der Waals surface area contributed by atoms with Gasteiger partial charge in [-0.25, -0.2) is 0 Å². The van der Waals surface area contributed by atoms with Crippen LogP contribution in [0.1, 0.15) is 27.7 Å². The van der Waals surface area contributed by atoms with Crippen molar-refractivity contribution in [2.24, 2.45) is 0 Å². The predicted molar refractivity (Wildman–Crippen MR) is 125 cm³/mol. The van der Waals surface area contributed by atoms with E-state index in [4.69, 9.17) is 4.65 Å². The third-order valence-electron chi connectivity index (χ3n) is 6.70. The molecule has 4 heteroatoms. The summed E-state index contributed by atoms with van der Waals surface area (Å²) in [5.74, 6) is 0. The van der Waals surface area contributed by atoms with Gasteiger partial charge in [-0.05, 0) is 77.0 Å². The summed E-state index contributed by atoms with van der Waals surface area (Å²) in [5.41, 5.74) is 3.51. The molecule has 0 fully saturated rings. The first-order valence-electron chi connectivity index (χ1n) is 10.4. The SMILES string of the molecule is CC(C)(O)C(C)(C)OB(O)c1c2ccccc2c2c3c(cccc13)-c1ccccc1-2. The highest BCUT2D eigenvalue weighted by atomic mass is 16.5. The van der Waals surface area contributed by atoms with Gasteiger partial charge >= 0.3 is 7.12 Å². The molecule has 2 N–H and O–H groups in total. The summed E-state index contributed by atoms with van der Waals surface area (Å²) >= 11 is 0. The molecule has 1 aliphatic rings. The Hall–Kier alpha value is -2.66. The molecule has 0 amide bonds. The number of fused-ring (bicyclic) bond motifs is 5. The van der Waals surface area contributed by atoms with E-state index in [9.17, 15) is 10.1 Å². The van der Waals surface area contributed by atoms with Gasteiger partial charge in [0.15, 0.2) is 0 Å². The monoisotopic (exact) mass is 396 g/mol. The Morgan fingerprint density at radius 3 is 1.97 bits per heavy atom. The van der Waals surface area contributed by atoms with Crippen molar-refractivity contribution in [2.75, 3.05) is 0 Å². The Kier molecular flexibility index (Phi) is 4.13. The van der Waals surface area contributed by atoms with Gasteiger partial charge in [-0.2, -0.15) is 0 Å². The maximum absolute atomic E-state index is 11.3. The van der Waals surface area contributed by atoms with Crippen LogP contribution in [-0.4, -0.2) is 28.5 Å². The first kappa shape index (κ1) is 19.3. The second-order valence-electron chi connectivity index (χ2n) is 9.15. The van der Waals surface area contributed by atoms with Gasteiger partial charge < -0.3 is 14.8 Å². The second kappa shape index (κ2) is 6.42. The fourth-order valence-electron chi connectivity index (χ4n) is 4.45. The largest absolute Gasteiger partial charge is 0.492 e. The van der Waals surface area contributed by atoms with Gasteiger partial charge in [-0.1, -0.05) is 66.7 Å². The standard InChI is InChI=1S/C26H25BO3/c1-25(2,28)26(3,4)30-27(29)24-20-13-8-7-12-19(20)22-17-11-6-5-10-16(17)18-14-9-15-21(24)23(18)22/h5-15,28-29H,1-4H3. The zero-order valence-corrected chi connectivity index (χ0v) is 17.7. The first-order chi connectivity index (χ1) is 14.2. The van der Waals surface area contributed by atoms with Crippen LogP contribution in [0.15, 0.2) is 66.7 Å². The van der Waals surface area contributed by atoms with E-state index in [1.165, 1.54) is 22.3 Å². The van der Waals surface area contributed by atoms with E-state index >= 15 is 0 Å². The molecule has 1 aliphatic carbocycles. The number of aliphatic hydroxyl groups is 1. The molecular formula is C26H25BO3. The lowest BCUT2D eigenvalue weighted by Gasteiger charge is -2.38. The van der Waals surface area contributed by atoms with Crippen molar-refractivity contribution in [3.8, 4) is 22.3 Å². The van der Waals surface area contributed by atoms with E-state index in [0.717, 1.165) is 27.0 Å². The van der Waals surface area contributed by atoms with Crippen LogP contribution in [0, 0.1) is 0 Å². The van der Waals surface area contributed by atoms with Crippen LogP contribution >= 0.6 is 0 Å². The molecule has 4 aromatic rings. The minimum Gasteiger partial charge on any atom is -0.423 e. The van der Waals surface area contributed by atoms with E-state index in [1.54, 1.807) is 27.7 Å². The van der Waals surface area contributed by atoms with Gasteiger partial charge in [-0.3, -0.25) is 0 Å². The van der Waals surface area contributed by atoms with E-state index in [2.05, 4.69) is 42.5 Å². The molecule has 0 bridgehead atoms. The maximum atomic E-state index is 11.3. The summed E-state index contributed by atoms with van der Waals surface area (Å²) in [6.45, 7) is 6.99. The van der Waals surface area contributed by atoms with E-state index in [0.29, 0.717) is 0 Å². The first-order valence-corrected chi connectivity index (χ1v) is 10.4. The topological polar surface area (TPSA) is 49.7 Å². The molecule has 0 unspecified atom stereocenters. The van der Waals surface area contributed by atoms with Crippen LogP contribution in [-0.2, 0) is 4.65 Å². The Balaban J connectivity index is 1.84. The van der Waals surface area contributed by atoms with Gasteiger partial charge in [0.1, 0.15) is 0 Å². The number of benzene rings is 4. The molecule has 4 aromatic carbocycles. The smallest absolute Gasteiger partial charge is 0.423 e. The molecule has 5 rings (SSSR count). The summed E-state index contributed by atoms with van der Waals surface area (Å²) in [7, 11) is -1.18. The normalized spacial score (nSPS) is 13.1.